The average molecular weight is 351 g/mol. The highest BCUT2D eigenvalue weighted by Crippen LogP contribution is 2.48. The smallest absolute Gasteiger partial charge is 0.325 e. The lowest BCUT2D eigenvalue weighted by Crippen LogP contribution is -2.48. The van der Waals surface area contributed by atoms with Gasteiger partial charge in [-0.3, -0.25) is 9.59 Å². The van der Waals surface area contributed by atoms with Crippen molar-refractivity contribution in [1.29, 1.82) is 0 Å². The summed E-state index contributed by atoms with van der Waals surface area (Å²) in [6, 6.07) is 0.198. The molecule has 2 rings (SSSR count). The maximum Gasteiger partial charge on any atom is 0.325 e. The molecule has 0 spiro atoms. The van der Waals surface area contributed by atoms with Crippen molar-refractivity contribution in [3.63, 3.8) is 0 Å². The van der Waals surface area contributed by atoms with Crippen molar-refractivity contribution in [3.8, 4) is 5.75 Å². The predicted octanol–water partition coefficient (Wildman–Crippen LogP) is 2.46. The van der Waals surface area contributed by atoms with Gasteiger partial charge < -0.3 is 15.2 Å². The zero-order valence-corrected chi connectivity index (χ0v) is 15.9. The van der Waals surface area contributed by atoms with E-state index in [1.807, 2.05) is 0 Å². The molecule has 0 unspecified atom stereocenters. The molecule has 0 amide bonds. The van der Waals surface area contributed by atoms with Gasteiger partial charge in [-0.2, -0.15) is 5.10 Å². The van der Waals surface area contributed by atoms with Gasteiger partial charge in [-0.25, -0.2) is 4.68 Å². The van der Waals surface area contributed by atoms with E-state index in [9.17, 15) is 9.59 Å². The fourth-order valence-corrected chi connectivity index (χ4v) is 3.78. The third-order valence-electron chi connectivity index (χ3n) is 6.30. The molecule has 1 aromatic rings. The summed E-state index contributed by atoms with van der Waals surface area (Å²) in [5, 5.41) is 16.3. The highest BCUT2D eigenvalue weighted by Gasteiger charge is 2.43. The Bertz CT molecular complexity index is 698. The van der Waals surface area contributed by atoms with Gasteiger partial charge in [0.1, 0.15) is 12.2 Å². The summed E-state index contributed by atoms with van der Waals surface area (Å²) >= 11 is 0. The molecule has 1 saturated carbocycles. The van der Waals surface area contributed by atoms with Crippen molar-refractivity contribution in [2.45, 2.75) is 53.6 Å². The molecule has 140 valence electrons. The minimum Gasteiger partial charge on any atom is -0.490 e. The Labute approximate surface area is 148 Å². The molecule has 7 nitrogen and oxygen atoms in total. The molecule has 1 aliphatic carbocycles. The van der Waals surface area contributed by atoms with Crippen molar-refractivity contribution in [1.82, 2.24) is 9.78 Å². The summed E-state index contributed by atoms with van der Waals surface area (Å²) in [5.41, 5.74) is 0.232. The lowest BCUT2D eigenvalue weighted by atomic mass is 9.58. The fraction of sp³-hybridized carbons (Fsp3) is 0.722. The van der Waals surface area contributed by atoms with E-state index >= 15 is 0 Å². The van der Waals surface area contributed by atoms with Gasteiger partial charge >= 0.3 is 11.5 Å². The molecule has 0 saturated heterocycles. The molecular formula is C18H29N3O4. The number of aliphatic carboxylic acids is 1. The molecule has 0 radical (unpaired) electrons. The molecule has 0 bridgehead atoms. The van der Waals surface area contributed by atoms with Crippen LogP contribution in [0.25, 0.3) is 0 Å². The van der Waals surface area contributed by atoms with Crippen molar-refractivity contribution in [2.75, 3.05) is 12.4 Å². The minimum absolute atomic E-state index is 0.105. The van der Waals surface area contributed by atoms with Crippen molar-refractivity contribution >= 4 is 11.7 Å². The monoisotopic (exact) mass is 351 g/mol. The van der Waals surface area contributed by atoms with Crippen molar-refractivity contribution in [2.24, 2.45) is 23.2 Å². The van der Waals surface area contributed by atoms with Gasteiger partial charge in [0.15, 0.2) is 0 Å². The van der Waals surface area contributed by atoms with E-state index in [4.69, 9.17) is 9.84 Å². The number of hydrogen-bond acceptors (Lipinski definition) is 5. The predicted molar refractivity (Wildman–Crippen MR) is 96.0 cm³/mol. The summed E-state index contributed by atoms with van der Waals surface area (Å²) in [7, 11) is 1.41. The van der Waals surface area contributed by atoms with Crippen LogP contribution in [-0.2, 0) is 11.3 Å². The first-order chi connectivity index (χ1) is 11.6. The quantitative estimate of drug-likeness (QED) is 0.846. The Morgan fingerprint density at radius 3 is 2.64 bits per heavy atom. The molecule has 25 heavy (non-hydrogen) atoms. The lowest BCUT2D eigenvalue weighted by molar-refractivity contribution is -0.138. The first kappa shape index (κ1) is 19.3. The maximum absolute atomic E-state index is 12.4. The van der Waals surface area contributed by atoms with Crippen LogP contribution in [0.5, 0.6) is 5.75 Å². The van der Waals surface area contributed by atoms with E-state index in [-0.39, 0.29) is 17.2 Å². The van der Waals surface area contributed by atoms with Crippen LogP contribution in [-0.4, -0.2) is 34.0 Å². The van der Waals surface area contributed by atoms with Crippen LogP contribution >= 0.6 is 0 Å². The van der Waals surface area contributed by atoms with Crippen molar-refractivity contribution < 1.29 is 14.6 Å². The first-order valence-corrected chi connectivity index (χ1v) is 8.72. The average Bonchev–Trinajstić information content (AvgIpc) is 2.53. The number of hydrogen-bond donors (Lipinski definition) is 2. The van der Waals surface area contributed by atoms with Crippen LogP contribution in [0.4, 0.5) is 5.69 Å². The van der Waals surface area contributed by atoms with Gasteiger partial charge in [0.25, 0.3) is 0 Å². The number of aromatic nitrogens is 2. The second kappa shape index (κ2) is 7.06. The summed E-state index contributed by atoms with van der Waals surface area (Å²) in [6.07, 6.45) is 2.46. The van der Waals surface area contributed by atoms with E-state index in [0.717, 1.165) is 11.1 Å². The second-order valence-electron chi connectivity index (χ2n) is 7.80. The number of nitrogens with zero attached hydrogens (tertiary/aromatic N) is 2. The number of nitrogens with one attached hydrogen (secondary N) is 1. The van der Waals surface area contributed by atoms with Gasteiger partial charge in [-0.1, -0.05) is 34.6 Å². The first-order valence-electron chi connectivity index (χ1n) is 8.72. The second-order valence-corrected chi connectivity index (χ2v) is 7.80. The topological polar surface area (TPSA) is 93.4 Å². The summed E-state index contributed by atoms with van der Waals surface area (Å²) in [4.78, 5) is 23.2. The summed E-state index contributed by atoms with van der Waals surface area (Å²) < 4.78 is 6.13. The minimum atomic E-state index is -1.12. The molecule has 1 aliphatic rings. The van der Waals surface area contributed by atoms with Crippen molar-refractivity contribution in [3.05, 3.63) is 16.6 Å². The zero-order valence-electron chi connectivity index (χ0n) is 15.9. The molecule has 0 aromatic carbocycles. The van der Waals surface area contributed by atoms with E-state index in [0.29, 0.717) is 23.4 Å². The molecule has 1 heterocycles. The van der Waals surface area contributed by atoms with Gasteiger partial charge in [0, 0.05) is 6.04 Å². The van der Waals surface area contributed by atoms with Gasteiger partial charge in [0.05, 0.1) is 13.3 Å². The van der Waals surface area contributed by atoms with E-state index in [2.05, 4.69) is 45.0 Å². The number of methoxy groups -OCH3 is 1. The van der Waals surface area contributed by atoms with Crippen LogP contribution in [0.15, 0.2) is 11.0 Å². The Balaban J connectivity index is 2.30. The van der Waals surface area contributed by atoms with Gasteiger partial charge in [0.2, 0.25) is 5.75 Å². The number of carboxylic acids is 1. The zero-order chi connectivity index (χ0) is 18.9. The normalized spacial score (nSPS) is 28.4. The number of carboxylic acid groups (broad SMARTS) is 1. The molecule has 4 atom stereocenters. The highest BCUT2D eigenvalue weighted by atomic mass is 16.5. The van der Waals surface area contributed by atoms with E-state index in [1.54, 1.807) is 0 Å². The van der Waals surface area contributed by atoms with Crippen LogP contribution in [0, 0.1) is 23.2 Å². The van der Waals surface area contributed by atoms with Crippen LogP contribution in [0.1, 0.15) is 41.0 Å². The molecule has 1 fully saturated rings. The number of carbonyl (C=O) groups is 1. The van der Waals surface area contributed by atoms with Gasteiger partial charge in [-0.05, 0) is 29.6 Å². The number of rotatable bonds is 5. The Morgan fingerprint density at radius 1 is 1.44 bits per heavy atom. The molecule has 2 N–H and O–H groups in total. The summed E-state index contributed by atoms with van der Waals surface area (Å²) in [5.74, 6) is 0.441. The molecular weight excluding hydrogens is 322 g/mol. The molecule has 7 heteroatoms. The molecule has 0 aliphatic heterocycles. The Morgan fingerprint density at radius 2 is 2.08 bits per heavy atom. The fourth-order valence-electron chi connectivity index (χ4n) is 3.78. The molecule has 1 aromatic heterocycles. The maximum atomic E-state index is 12.4. The Hall–Kier alpha value is -2.05. The summed E-state index contributed by atoms with van der Waals surface area (Å²) in [6.45, 7) is 10.9. The lowest BCUT2D eigenvalue weighted by Gasteiger charge is -2.50. The Kier molecular flexibility index (Phi) is 5.44. The van der Waals surface area contributed by atoms with E-state index < -0.39 is 18.1 Å². The SMILES string of the molecule is COc1c(N[C@@H]2C[C@H](C)C(C)(C)[C@H](C)[C@H]2C)cnn(CC(=O)O)c1=O. The largest absolute Gasteiger partial charge is 0.490 e. The number of ether oxygens (including phenoxy) is 1. The van der Waals surface area contributed by atoms with Crippen LogP contribution in [0.2, 0.25) is 0 Å². The van der Waals surface area contributed by atoms with Crippen LogP contribution < -0.4 is 15.6 Å². The van der Waals surface area contributed by atoms with Crippen LogP contribution in [0.3, 0.4) is 0 Å². The standard InChI is InChI=1S/C18H29N3O4/c1-10-7-13(11(2)12(3)18(10,4)5)20-14-8-19-21(9-15(22)23)17(24)16(14)25-6/h8,10-13,20H,7,9H2,1-6H3,(H,22,23)/t10-,11+,12+,13+/m0/s1. The highest BCUT2D eigenvalue weighted by molar-refractivity contribution is 5.66. The number of anilines is 1. The third-order valence-corrected chi connectivity index (χ3v) is 6.30. The third kappa shape index (κ3) is 3.65. The van der Waals surface area contributed by atoms with Gasteiger partial charge in [-0.15, -0.1) is 0 Å². The van der Waals surface area contributed by atoms with E-state index in [1.165, 1.54) is 13.3 Å².